The highest BCUT2D eigenvalue weighted by atomic mass is 79.9. The Morgan fingerprint density at radius 3 is 2.70 bits per heavy atom. The van der Waals surface area contributed by atoms with Gasteiger partial charge in [0.25, 0.3) is 0 Å². The summed E-state index contributed by atoms with van der Waals surface area (Å²) in [4.78, 5) is 10.6. The number of ether oxygens (including phenoxy) is 1. The monoisotopic (exact) mass is 340 g/mol. The minimum atomic E-state index is -0.547. The van der Waals surface area contributed by atoms with E-state index in [0.717, 1.165) is 6.07 Å². The molecule has 0 fully saturated rings. The third-order valence-electron chi connectivity index (χ3n) is 2.56. The van der Waals surface area contributed by atoms with Crippen LogP contribution in [0.3, 0.4) is 0 Å². The fourth-order valence-electron chi connectivity index (χ4n) is 1.67. The predicted octanol–water partition coefficient (Wildman–Crippen LogP) is 4.33. The number of halogens is 2. The second kappa shape index (κ2) is 5.87. The standard InChI is InChI=1S/C13H10BrFN2O3/c1-16-10-3-2-4-11(13(10)17(18)19)20-12-7-8(15)5-6-9(12)14/h2-7,16H,1H3. The van der Waals surface area contributed by atoms with Gasteiger partial charge in [-0.2, -0.15) is 0 Å². The van der Waals surface area contributed by atoms with Crippen LogP contribution >= 0.6 is 15.9 Å². The van der Waals surface area contributed by atoms with Crippen LogP contribution in [0.1, 0.15) is 0 Å². The van der Waals surface area contributed by atoms with Crippen molar-refractivity contribution in [1.29, 1.82) is 0 Å². The lowest BCUT2D eigenvalue weighted by molar-refractivity contribution is -0.384. The van der Waals surface area contributed by atoms with Crippen molar-refractivity contribution in [3.05, 3.63) is 56.8 Å². The first kappa shape index (κ1) is 14.3. The first-order valence-electron chi connectivity index (χ1n) is 5.61. The van der Waals surface area contributed by atoms with Crippen molar-refractivity contribution >= 4 is 27.3 Å². The second-order valence-electron chi connectivity index (χ2n) is 3.84. The molecule has 0 heterocycles. The predicted molar refractivity (Wildman–Crippen MR) is 76.8 cm³/mol. The maximum atomic E-state index is 13.2. The van der Waals surface area contributed by atoms with Crippen LogP contribution in [0.15, 0.2) is 40.9 Å². The Balaban J connectivity index is 2.48. The van der Waals surface area contributed by atoms with E-state index >= 15 is 0 Å². The molecule has 1 N–H and O–H groups in total. The van der Waals surface area contributed by atoms with Crippen molar-refractivity contribution in [1.82, 2.24) is 0 Å². The zero-order valence-electron chi connectivity index (χ0n) is 10.4. The molecular formula is C13H10BrFN2O3. The third kappa shape index (κ3) is 2.88. The molecule has 20 heavy (non-hydrogen) atoms. The maximum absolute atomic E-state index is 13.2. The summed E-state index contributed by atoms with van der Waals surface area (Å²) < 4.78 is 19.2. The maximum Gasteiger partial charge on any atom is 0.334 e. The van der Waals surface area contributed by atoms with Gasteiger partial charge < -0.3 is 10.1 Å². The highest BCUT2D eigenvalue weighted by molar-refractivity contribution is 9.10. The molecule has 104 valence electrons. The van der Waals surface area contributed by atoms with Crippen LogP contribution < -0.4 is 10.1 Å². The molecule has 0 aliphatic rings. The number of nitro benzene ring substituents is 1. The SMILES string of the molecule is CNc1cccc(Oc2cc(F)ccc2Br)c1[N+](=O)[O-]. The van der Waals surface area contributed by atoms with E-state index in [4.69, 9.17) is 4.74 Å². The molecule has 0 saturated heterocycles. The quantitative estimate of drug-likeness (QED) is 0.664. The fourth-order valence-corrected chi connectivity index (χ4v) is 2.00. The average Bonchev–Trinajstić information content (AvgIpc) is 2.42. The van der Waals surface area contributed by atoms with Crippen molar-refractivity contribution in [2.24, 2.45) is 0 Å². The van der Waals surface area contributed by atoms with Crippen LogP contribution in [-0.4, -0.2) is 12.0 Å². The van der Waals surface area contributed by atoms with Crippen LogP contribution in [0.4, 0.5) is 15.8 Å². The molecule has 0 aliphatic heterocycles. The smallest absolute Gasteiger partial charge is 0.334 e. The molecule has 2 aromatic carbocycles. The van der Waals surface area contributed by atoms with Crippen molar-refractivity contribution in [2.75, 3.05) is 12.4 Å². The van der Waals surface area contributed by atoms with E-state index in [1.165, 1.54) is 18.2 Å². The van der Waals surface area contributed by atoms with Crippen molar-refractivity contribution < 1.29 is 14.1 Å². The van der Waals surface area contributed by atoms with Crippen LogP contribution in [0.2, 0.25) is 0 Å². The summed E-state index contributed by atoms with van der Waals surface area (Å²) in [6.07, 6.45) is 0. The Bertz CT molecular complexity index is 664. The van der Waals surface area contributed by atoms with E-state index in [1.54, 1.807) is 19.2 Å². The summed E-state index contributed by atoms with van der Waals surface area (Å²) in [6.45, 7) is 0. The number of benzene rings is 2. The molecule has 0 unspecified atom stereocenters. The summed E-state index contributed by atoms with van der Waals surface area (Å²) in [5, 5.41) is 13.9. The number of nitro groups is 1. The normalized spacial score (nSPS) is 10.2. The van der Waals surface area contributed by atoms with Crippen molar-refractivity contribution in [3.8, 4) is 11.5 Å². The van der Waals surface area contributed by atoms with E-state index in [2.05, 4.69) is 21.2 Å². The average molecular weight is 341 g/mol. The zero-order chi connectivity index (χ0) is 14.7. The zero-order valence-corrected chi connectivity index (χ0v) is 12.0. The lowest BCUT2D eigenvalue weighted by atomic mass is 10.2. The van der Waals surface area contributed by atoms with Crippen molar-refractivity contribution in [3.63, 3.8) is 0 Å². The molecule has 7 heteroatoms. The molecule has 0 aliphatic carbocycles. The number of para-hydroxylation sites is 1. The Labute approximate surface area is 122 Å². The summed E-state index contributed by atoms with van der Waals surface area (Å²) >= 11 is 3.21. The van der Waals surface area contributed by atoms with Crippen LogP contribution in [0.25, 0.3) is 0 Å². The summed E-state index contributed by atoms with van der Waals surface area (Å²) in [5.74, 6) is -0.287. The Morgan fingerprint density at radius 2 is 2.05 bits per heavy atom. The molecular weight excluding hydrogens is 331 g/mol. The summed E-state index contributed by atoms with van der Waals surface area (Å²) in [6, 6.07) is 8.51. The first-order chi connectivity index (χ1) is 9.52. The van der Waals surface area contributed by atoms with Gasteiger partial charge >= 0.3 is 5.69 Å². The van der Waals surface area contributed by atoms with Gasteiger partial charge in [0.05, 0.1) is 9.40 Å². The minimum Gasteiger partial charge on any atom is -0.449 e. The minimum absolute atomic E-state index is 0.0353. The second-order valence-corrected chi connectivity index (χ2v) is 4.69. The Kier molecular flexibility index (Phi) is 4.19. The number of rotatable bonds is 4. The van der Waals surface area contributed by atoms with E-state index < -0.39 is 10.7 Å². The highest BCUT2D eigenvalue weighted by Gasteiger charge is 2.21. The highest BCUT2D eigenvalue weighted by Crippen LogP contribution is 2.39. The number of nitrogens with one attached hydrogen (secondary N) is 1. The van der Waals surface area contributed by atoms with Crippen LogP contribution in [-0.2, 0) is 0 Å². The fraction of sp³-hybridized carbons (Fsp3) is 0.0769. The lowest BCUT2D eigenvalue weighted by Gasteiger charge is -2.10. The lowest BCUT2D eigenvalue weighted by Crippen LogP contribution is -1.99. The number of nitrogens with zero attached hydrogens (tertiary/aromatic N) is 1. The van der Waals surface area contributed by atoms with Crippen LogP contribution in [0, 0.1) is 15.9 Å². The molecule has 0 radical (unpaired) electrons. The molecule has 0 aromatic heterocycles. The Morgan fingerprint density at radius 1 is 1.30 bits per heavy atom. The summed E-state index contributed by atoms with van der Waals surface area (Å²) in [5.41, 5.74) is 0.117. The van der Waals surface area contributed by atoms with E-state index in [9.17, 15) is 14.5 Å². The van der Waals surface area contributed by atoms with Gasteiger partial charge in [-0.3, -0.25) is 10.1 Å². The molecule has 2 rings (SSSR count). The number of hydrogen-bond acceptors (Lipinski definition) is 4. The van der Waals surface area contributed by atoms with Crippen LogP contribution in [0.5, 0.6) is 11.5 Å². The molecule has 2 aromatic rings. The molecule has 0 amide bonds. The van der Waals surface area contributed by atoms with Crippen molar-refractivity contribution in [2.45, 2.75) is 0 Å². The largest absolute Gasteiger partial charge is 0.449 e. The molecule has 5 nitrogen and oxygen atoms in total. The molecule has 0 bridgehead atoms. The summed E-state index contributed by atoms with van der Waals surface area (Å²) in [7, 11) is 1.57. The van der Waals surface area contributed by atoms with Gasteiger partial charge in [-0.15, -0.1) is 0 Å². The van der Waals surface area contributed by atoms with Gasteiger partial charge in [0.1, 0.15) is 17.3 Å². The first-order valence-corrected chi connectivity index (χ1v) is 6.40. The molecule has 0 spiro atoms. The topological polar surface area (TPSA) is 64.4 Å². The van der Waals surface area contributed by atoms with Gasteiger partial charge in [-0.1, -0.05) is 6.07 Å². The number of anilines is 1. The van der Waals surface area contributed by atoms with E-state index in [0.29, 0.717) is 10.2 Å². The number of hydrogen-bond donors (Lipinski definition) is 1. The Hall–Kier alpha value is -2.15. The van der Waals surface area contributed by atoms with E-state index in [-0.39, 0.29) is 17.2 Å². The third-order valence-corrected chi connectivity index (χ3v) is 3.22. The van der Waals surface area contributed by atoms with Gasteiger partial charge in [0.15, 0.2) is 0 Å². The van der Waals surface area contributed by atoms with Gasteiger partial charge in [-0.25, -0.2) is 4.39 Å². The molecule has 0 saturated carbocycles. The molecule has 0 atom stereocenters. The van der Waals surface area contributed by atoms with Gasteiger partial charge in [0, 0.05) is 13.1 Å². The van der Waals surface area contributed by atoms with Gasteiger partial charge in [0.2, 0.25) is 5.75 Å². The van der Waals surface area contributed by atoms with Gasteiger partial charge in [-0.05, 0) is 40.2 Å². The van der Waals surface area contributed by atoms with E-state index in [1.807, 2.05) is 0 Å².